The number of amides is 2. The van der Waals surface area contributed by atoms with Crippen LogP contribution in [0.15, 0.2) is 52.3 Å². The SMILES string of the molecule is CSc1cccc(NC(=O)CN(C)S(=O)(=O)c2ccc3c(c2)C[C@H](C)N3C(C)=O)c1. The van der Waals surface area contributed by atoms with E-state index in [1.807, 2.05) is 31.4 Å². The summed E-state index contributed by atoms with van der Waals surface area (Å²) < 4.78 is 27.0. The Kier molecular flexibility index (Phi) is 6.54. The van der Waals surface area contributed by atoms with Gasteiger partial charge in [-0.3, -0.25) is 9.59 Å². The van der Waals surface area contributed by atoms with Crippen molar-refractivity contribution in [2.45, 2.75) is 36.1 Å². The molecule has 3 rings (SSSR count). The zero-order valence-corrected chi connectivity index (χ0v) is 19.0. The number of carbonyl (C=O) groups is 2. The van der Waals surface area contributed by atoms with Gasteiger partial charge in [-0.25, -0.2) is 8.42 Å². The predicted molar refractivity (Wildman–Crippen MR) is 119 cm³/mol. The van der Waals surface area contributed by atoms with Crippen molar-refractivity contribution in [3.63, 3.8) is 0 Å². The maximum absolute atomic E-state index is 13.0. The highest BCUT2D eigenvalue weighted by Crippen LogP contribution is 2.34. The van der Waals surface area contributed by atoms with Crippen molar-refractivity contribution >= 4 is 45.0 Å². The van der Waals surface area contributed by atoms with Crippen LogP contribution in [0.3, 0.4) is 0 Å². The molecule has 30 heavy (non-hydrogen) atoms. The second-order valence-electron chi connectivity index (χ2n) is 7.27. The molecule has 2 aromatic rings. The lowest BCUT2D eigenvalue weighted by Crippen LogP contribution is -2.35. The third-order valence-corrected chi connectivity index (χ3v) is 7.56. The van der Waals surface area contributed by atoms with Gasteiger partial charge in [-0.1, -0.05) is 6.07 Å². The molecule has 0 fully saturated rings. The van der Waals surface area contributed by atoms with E-state index in [0.29, 0.717) is 12.1 Å². The molecule has 0 aliphatic carbocycles. The van der Waals surface area contributed by atoms with E-state index in [-0.39, 0.29) is 23.4 Å². The van der Waals surface area contributed by atoms with Crippen LogP contribution >= 0.6 is 11.8 Å². The van der Waals surface area contributed by atoms with Crippen molar-refractivity contribution < 1.29 is 18.0 Å². The zero-order valence-electron chi connectivity index (χ0n) is 17.4. The number of hydrogen-bond acceptors (Lipinski definition) is 5. The number of hydrogen-bond donors (Lipinski definition) is 1. The number of thioether (sulfide) groups is 1. The van der Waals surface area contributed by atoms with E-state index in [1.165, 1.54) is 20.0 Å². The van der Waals surface area contributed by atoms with Crippen molar-refractivity contribution in [3.05, 3.63) is 48.0 Å². The lowest BCUT2D eigenvalue weighted by Gasteiger charge is -2.21. The van der Waals surface area contributed by atoms with Gasteiger partial charge in [-0.2, -0.15) is 4.31 Å². The van der Waals surface area contributed by atoms with Crippen molar-refractivity contribution in [2.75, 3.05) is 30.1 Å². The maximum atomic E-state index is 13.0. The van der Waals surface area contributed by atoms with E-state index in [4.69, 9.17) is 0 Å². The first-order valence-electron chi connectivity index (χ1n) is 9.46. The Hall–Kier alpha value is -2.36. The first-order chi connectivity index (χ1) is 14.1. The topological polar surface area (TPSA) is 86.8 Å². The van der Waals surface area contributed by atoms with Crippen molar-refractivity contribution in [1.82, 2.24) is 4.31 Å². The van der Waals surface area contributed by atoms with Crippen molar-refractivity contribution in [2.24, 2.45) is 0 Å². The number of nitrogens with zero attached hydrogens (tertiary/aromatic N) is 2. The molecule has 0 bridgehead atoms. The van der Waals surface area contributed by atoms with Gasteiger partial charge in [0.1, 0.15) is 0 Å². The molecule has 1 N–H and O–H groups in total. The Balaban J connectivity index is 1.74. The lowest BCUT2D eigenvalue weighted by molar-refractivity contribution is -0.117. The first kappa shape index (κ1) is 22.3. The fraction of sp³-hybridized carbons (Fsp3) is 0.333. The normalized spacial score (nSPS) is 15.9. The molecule has 0 radical (unpaired) electrons. The smallest absolute Gasteiger partial charge is 0.243 e. The standard InChI is InChI=1S/C21H25N3O4S2/c1-14-10-16-11-19(8-9-20(16)24(14)15(2)25)30(27,28)23(3)13-21(26)22-17-6-5-7-18(12-17)29-4/h5-9,11-12,14H,10,13H2,1-4H3,(H,22,26)/t14-/m0/s1. The third kappa shape index (κ3) is 4.53. The summed E-state index contributed by atoms with van der Waals surface area (Å²) in [4.78, 5) is 27.0. The van der Waals surface area contributed by atoms with Crippen LogP contribution in [0.5, 0.6) is 0 Å². The molecule has 0 spiro atoms. The average Bonchev–Trinajstić information content (AvgIpc) is 3.02. The third-order valence-electron chi connectivity index (χ3n) is 5.03. The maximum Gasteiger partial charge on any atom is 0.243 e. The van der Waals surface area contributed by atoms with E-state index < -0.39 is 15.9 Å². The van der Waals surface area contributed by atoms with Gasteiger partial charge in [0.25, 0.3) is 0 Å². The molecule has 2 aromatic carbocycles. The van der Waals surface area contributed by atoms with Crippen LogP contribution in [0.1, 0.15) is 19.4 Å². The molecule has 1 aliphatic rings. The second-order valence-corrected chi connectivity index (χ2v) is 10.2. The highest BCUT2D eigenvalue weighted by molar-refractivity contribution is 7.98. The molecule has 0 saturated carbocycles. The Morgan fingerprint density at radius 3 is 2.63 bits per heavy atom. The molecule has 160 valence electrons. The molecular formula is C21H25N3O4S2. The van der Waals surface area contributed by atoms with Gasteiger partial charge in [0.2, 0.25) is 21.8 Å². The molecule has 1 aliphatic heterocycles. The monoisotopic (exact) mass is 447 g/mol. The van der Waals surface area contributed by atoms with Crippen LogP contribution in [-0.4, -0.2) is 50.4 Å². The molecule has 9 heteroatoms. The first-order valence-corrected chi connectivity index (χ1v) is 12.1. The van der Waals surface area contributed by atoms with Gasteiger partial charge in [0.15, 0.2) is 0 Å². The van der Waals surface area contributed by atoms with Gasteiger partial charge in [-0.15, -0.1) is 11.8 Å². The van der Waals surface area contributed by atoms with E-state index in [0.717, 1.165) is 20.5 Å². The van der Waals surface area contributed by atoms with Crippen LogP contribution in [0.2, 0.25) is 0 Å². The number of rotatable bonds is 6. The summed E-state index contributed by atoms with van der Waals surface area (Å²) in [5, 5.41) is 2.73. The largest absolute Gasteiger partial charge is 0.325 e. The van der Waals surface area contributed by atoms with Gasteiger partial charge in [-0.05, 0) is 61.6 Å². The Morgan fingerprint density at radius 1 is 1.23 bits per heavy atom. The molecule has 7 nitrogen and oxygen atoms in total. The summed E-state index contributed by atoms with van der Waals surface area (Å²) in [5.74, 6) is -0.493. The second kappa shape index (κ2) is 8.79. The summed E-state index contributed by atoms with van der Waals surface area (Å²) in [6.45, 7) is 3.12. The molecule has 1 heterocycles. The van der Waals surface area contributed by atoms with Crippen LogP contribution < -0.4 is 10.2 Å². The summed E-state index contributed by atoms with van der Waals surface area (Å²) in [6.07, 6.45) is 2.53. The van der Waals surface area contributed by atoms with E-state index in [2.05, 4.69) is 5.32 Å². The van der Waals surface area contributed by atoms with Crippen molar-refractivity contribution in [1.29, 1.82) is 0 Å². The minimum absolute atomic E-state index is 0.0176. The Morgan fingerprint density at radius 2 is 1.97 bits per heavy atom. The zero-order chi connectivity index (χ0) is 22.1. The molecule has 1 atom stereocenters. The Bertz CT molecular complexity index is 1090. The predicted octanol–water partition coefficient (Wildman–Crippen LogP) is 2.97. The van der Waals surface area contributed by atoms with Gasteiger partial charge < -0.3 is 10.2 Å². The highest BCUT2D eigenvalue weighted by Gasteiger charge is 2.31. The van der Waals surface area contributed by atoms with E-state index in [9.17, 15) is 18.0 Å². The molecule has 0 aromatic heterocycles. The molecule has 2 amide bonds. The number of benzene rings is 2. The minimum atomic E-state index is -3.85. The highest BCUT2D eigenvalue weighted by atomic mass is 32.2. The fourth-order valence-corrected chi connectivity index (χ4v) is 5.25. The van der Waals surface area contributed by atoms with Crippen molar-refractivity contribution in [3.8, 4) is 0 Å². The van der Waals surface area contributed by atoms with E-state index >= 15 is 0 Å². The van der Waals surface area contributed by atoms with Crippen LogP contribution in [0, 0.1) is 0 Å². The number of sulfonamides is 1. The quantitative estimate of drug-likeness (QED) is 0.688. The molecule has 0 saturated heterocycles. The number of fused-ring (bicyclic) bond motifs is 1. The average molecular weight is 448 g/mol. The minimum Gasteiger partial charge on any atom is -0.325 e. The van der Waals surface area contributed by atoms with Crippen LogP contribution in [0.4, 0.5) is 11.4 Å². The van der Waals surface area contributed by atoms with Crippen LogP contribution in [-0.2, 0) is 26.0 Å². The van der Waals surface area contributed by atoms with Gasteiger partial charge >= 0.3 is 0 Å². The van der Waals surface area contributed by atoms with E-state index in [1.54, 1.807) is 34.9 Å². The molecular weight excluding hydrogens is 422 g/mol. The number of anilines is 2. The number of nitrogens with one attached hydrogen (secondary N) is 1. The summed E-state index contributed by atoms with van der Waals surface area (Å²) >= 11 is 1.56. The Labute approximate surface area is 181 Å². The summed E-state index contributed by atoms with van der Waals surface area (Å²) in [6, 6.07) is 12.1. The fourth-order valence-electron chi connectivity index (χ4n) is 3.62. The van der Waals surface area contributed by atoms with Gasteiger partial charge in [0, 0.05) is 36.3 Å². The van der Waals surface area contributed by atoms with Gasteiger partial charge in [0.05, 0.1) is 11.4 Å². The summed E-state index contributed by atoms with van der Waals surface area (Å²) in [7, 11) is -2.47. The summed E-state index contributed by atoms with van der Waals surface area (Å²) in [5.41, 5.74) is 2.17. The molecule has 0 unspecified atom stereocenters. The van der Waals surface area contributed by atoms with Crippen LogP contribution in [0.25, 0.3) is 0 Å². The number of likely N-dealkylation sites (N-methyl/N-ethyl adjacent to an activating group) is 1. The lowest BCUT2D eigenvalue weighted by atomic mass is 10.1. The number of carbonyl (C=O) groups excluding carboxylic acids is 2.